The molecule has 1 atom stereocenters. The van der Waals surface area contributed by atoms with E-state index in [1.54, 1.807) is 0 Å². The molecule has 1 fully saturated rings. The summed E-state index contributed by atoms with van der Waals surface area (Å²) in [5.41, 5.74) is 0.916. The molecule has 2 heterocycles. The number of benzene rings is 1. The minimum absolute atomic E-state index is 0.0360. The van der Waals surface area contributed by atoms with Crippen molar-refractivity contribution in [1.29, 1.82) is 0 Å². The highest BCUT2D eigenvalue weighted by atomic mass is 19.1. The summed E-state index contributed by atoms with van der Waals surface area (Å²) in [6.07, 6.45) is 3.36. The van der Waals surface area contributed by atoms with Crippen molar-refractivity contribution in [1.82, 2.24) is 10.3 Å². The van der Waals surface area contributed by atoms with Crippen molar-refractivity contribution in [2.45, 2.75) is 18.9 Å². The topological polar surface area (TPSA) is 80.3 Å². The number of rotatable bonds is 5. The van der Waals surface area contributed by atoms with Crippen molar-refractivity contribution in [3.05, 3.63) is 59.7 Å². The van der Waals surface area contributed by atoms with Crippen LogP contribution in [-0.4, -0.2) is 36.1 Å². The van der Waals surface area contributed by atoms with Crippen molar-refractivity contribution in [2.24, 2.45) is 0 Å². The van der Waals surface area contributed by atoms with E-state index in [-0.39, 0.29) is 23.5 Å². The summed E-state index contributed by atoms with van der Waals surface area (Å²) in [7, 11) is 0. The molecule has 1 unspecified atom stereocenters. The summed E-state index contributed by atoms with van der Waals surface area (Å²) in [5.74, 6) is -1.14. The molecule has 1 saturated heterocycles. The van der Waals surface area contributed by atoms with Gasteiger partial charge < -0.3 is 15.4 Å². The third-order valence-corrected chi connectivity index (χ3v) is 3.87. The summed E-state index contributed by atoms with van der Waals surface area (Å²) in [6, 6.07) is 8.37. The van der Waals surface area contributed by atoms with E-state index in [1.165, 1.54) is 42.6 Å². The molecule has 2 N–H and O–H groups in total. The van der Waals surface area contributed by atoms with E-state index in [2.05, 4.69) is 15.6 Å². The molecule has 0 spiro atoms. The molecule has 130 valence electrons. The Balaban J connectivity index is 1.62. The smallest absolute Gasteiger partial charge is 0.269 e. The lowest BCUT2D eigenvalue weighted by atomic mass is 10.2. The van der Waals surface area contributed by atoms with Gasteiger partial charge in [0.2, 0.25) is 0 Å². The maximum Gasteiger partial charge on any atom is 0.269 e. The summed E-state index contributed by atoms with van der Waals surface area (Å²) in [5, 5.41) is 5.41. The number of halogens is 1. The lowest BCUT2D eigenvalue weighted by Crippen LogP contribution is -2.32. The van der Waals surface area contributed by atoms with Gasteiger partial charge in [0.15, 0.2) is 0 Å². The Hall–Kier alpha value is -2.80. The molecular weight excluding hydrogens is 325 g/mol. The van der Waals surface area contributed by atoms with Crippen molar-refractivity contribution >= 4 is 17.5 Å². The minimum atomic E-state index is -0.401. The Morgan fingerprint density at radius 1 is 1.20 bits per heavy atom. The van der Waals surface area contributed by atoms with E-state index < -0.39 is 5.91 Å². The number of carbonyl (C=O) groups is 2. The van der Waals surface area contributed by atoms with Gasteiger partial charge in [-0.05, 0) is 49.2 Å². The molecule has 6 nitrogen and oxygen atoms in total. The van der Waals surface area contributed by atoms with Crippen LogP contribution in [0.5, 0.6) is 0 Å². The first kappa shape index (κ1) is 17.0. The van der Waals surface area contributed by atoms with E-state index in [0.29, 0.717) is 17.8 Å². The number of hydrogen-bond donors (Lipinski definition) is 2. The largest absolute Gasteiger partial charge is 0.376 e. The van der Waals surface area contributed by atoms with Gasteiger partial charge in [0, 0.05) is 30.6 Å². The zero-order chi connectivity index (χ0) is 17.6. The zero-order valence-corrected chi connectivity index (χ0v) is 13.5. The van der Waals surface area contributed by atoms with E-state index in [0.717, 1.165) is 19.4 Å². The van der Waals surface area contributed by atoms with Crippen LogP contribution in [0.4, 0.5) is 10.1 Å². The van der Waals surface area contributed by atoms with Gasteiger partial charge in [0.05, 0.1) is 6.10 Å². The van der Waals surface area contributed by atoms with Crippen molar-refractivity contribution in [3.63, 3.8) is 0 Å². The van der Waals surface area contributed by atoms with Gasteiger partial charge in [-0.15, -0.1) is 0 Å². The third kappa shape index (κ3) is 4.60. The first-order valence-electron chi connectivity index (χ1n) is 8.04. The first-order chi connectivity index (χ1) is 12.1. The second-order valence-corrected chi connectivity index (χ2v) is 5.74. The predicted octanol–water partition coefficient (Wildman–Crippen LogP) is 2.38. The Morgan fingerprint density at radius 3 is 2.72 bits per heavy atom. The summed E-state index contributed by atoms with van der Waals surface area (Å²) in [6.45, 7) is 1.14. The van der Waals surface area contributed by atoms with Gasteiger partial charge in [-0.3, -0.25) is 14.6 Å². The Bertz CT molecular complexity index is 758. The van der Waals surface area contributed by atoms with Crippen LogP contribution in [0.25, 0.3) is 0 Å². The van der Waals surface area contributed by atoms with E-state index in [1.807, 2.05) is 0 Å². The van der Waals surface area contributed by atoms with E-state index >= 15 is 0 Å². The summed E-state index contributed by atoms with van der Waals surface area (Å²) < 4.78 is 18.3. The molecule has 2 aromatic rings. The first-order valence-corrected chi connectivity index (χ1v) is 8.04. The number of hydrogen-bond acceptors (Lipinski definition) is 4. The molecular formula is C18H18FN3O3. The molecule has 0 aliphatic carbocycles. The Labute approximate surface area is 144 Å². The van der Waals surface area contributed by atoms with E-state index in [9.17, 15) is 14.0 Å². The predicted molar refractivity (Wildman–Crippen MR) is 89.9 cm³/mol. The quantitative estimate of drug-likeness (QED) is 0.873. The average molecular weight is 343 g/mol. The third-order valence-electron chi connectivity index (χ3n) is 3.87. The number of anilines is 1. The SMILES string of the molecule is O=C(Nc1ccc(F)cc1)c1ccnc(C(=O)NCC2CCCO2)c1. The maximum absolute atomic E-state index is 12.9. The number of pyridine rings is 1. The van der Waals surface area contributed by atoms with Gasteiger partial charge in [0.25, 0.3) is 11.8 Å². The summed E-state index contributed by atoms with van der Waals surface area (Å²) >= 11 is 0. The van der Waals surface area contributed by atoms with Crippen LogP contribution in [-0.2, 0) is 4.74 Å². The molecule has 1 aromatic carbocycles. The van der Waals surface area contributed by atoms with Crippen LogP contribution < -0.4 is 10.6 Å². The standard InChI is InChI=1S/C18H18FN3O3/c19-13-3-5-14(6-4-13)22-17(23)12-7-8-20-16(10-12)18(24)21-11-15-2-1-9-25-15/h3-8,10,15H,1-2,9,11H2,(H,21,24)(H,22,23). The number of ether oxygens (including phenoxy) is 1. The average Bonchev–Trinajstić information content (AvgIpc) is 3.15. The fraction of sp³-hybridized carbons (Fsp3) is 0.278. The molecule has 2 amide bonds. The number of carbonyl (C=O) groups excluding carboxylic acids is 2. The fourth-order valence-corrected chi connectivity index (χ4v) is 2.53. The molecule has 0 bridgehead atoms. The number of amides is 2. The fourth-order valence-electron chi connectivity index (χ4n) is 2.53. The summed E-state index contributed by atoms with van der Waals surface area (Å²) in [4.78, 5) is 28.4. The van der Waals surface area contributed by atoms with Crippen LogP contribution in [0.1, 0.15) is 33.7 Å². The minimum Gasteiger partial charge on any atom is -0.376 e. The normalized spacial score (nSPS) is 16.4. The van der Waals surface area contributed by atoms with Crippen LogP contribution in [0.3, 0.4) is 0 Å². The maximum atomic E-state index is 12.9. The van der Waals surface area contributed by atoms with Crippen molar-refractivity contribution < 1.29 is 18.7 Å². The van der Waals surface area contributed by atoms with Crippen molar-refractivity contribution in [3.8, 4) is 0 Å². The molecule has 3 rings (SSSR count). The van der Waals surface area contributed by atoms with Gasteiger partial charge in [-0.1, -0.05) is 0 Å². The van der Waals surface area contributed by atoms with E-state index in [4.69, 9.17) is 4.74 Å². The molecule has 25 heavy (non-hydrogen) atoms. The number of nitrogens with one attached hydrogen (secondary N) is 2. The van der Waals surface area contributed by atoms with Crippen LogP contribution in [0.15, 0.2) is 42.6 Å². The molecule has 0 saturated carbocycles. The lowest BCUT2D eigenvalue weighted by molar-refractivity contribution is 0.0853. The molecule has 1 aliphatic rings. The molecule has 1 aromatic heterocycles. The van der Waals surface area contributed by atoms with Crippen LogP contribution in [0, 0.1) is 5.82 Å². The molecule has 7 heteroatoms. The van der Waals surface area contributed by atoms with Gasteiger partial charge in [0.1, 0.15) is 11.5 Å². The highest BCUT2D eigenvalue weighted by molar-refractivity contribution is 6.05. The van der Waals surface area contributed by atoms with Crippen LogP contribution >= 0.6 is 0 Å². The Morgan fingerprint density at radius 2 is 2.00 bits per heavy atom. The highest BCUT2D eigenvalue weighted by Crippen LogP contribution is 2.12. The molecule has 0 radical (unpaired) electrons. The Kier molecular flexibility index (Phi) is 5.35. The van der Waals surface area contributed by atoms with Crippen LogP contribution in [0.2, 0.25) is 0 Å². The lowest BCUT2D eigenvalue weighted by Gasteiger charge is -2.11. The van der Waals surface area contributed by atoms with Gasteiger partial charge in [-0.2, -0.15) is 0 Å². The zero-order valence-electron chi connectivity index (χ0n) is 13.5. The van der Waals surface area contributed by atoms with Gasteiger partial charge in [-0.25, -0.2) is 4.39 Å². The number of nitrogens with zero attached hydrogens (tertiary/aromatic N) is 1. The second kappa shape index (κ2) is 7.85. The number of aromatic nitrogens is 1. The van der Waals surface area contributed by atoms with Gasteiger partial charge >= 0.3 is 0 Å². The molecule has 1 aliphatic heterocycles. The van der Waals surface area contributed by atoms with Crippen molar-refractivity contribution in [2.75, 3.05) is 18.5 Å². The second-order valence-electron chi connectivity index (χ2n) is 5.74. The monoisotopic (exact) mass is 343 g/mol. The highest BCUT2D eigenvalue weighted by Gasteiger charge is 2.18.